The number of nitrogens with zero attached hydrogens (tertiary/aromatic N) is 5. The van der Waals surface area contributed by atoms with Crippen molar-refractivity contribution in [3.05, 3.63) is 18.5 Å². The molecule has 0 N–H and O–H groups in total. The summed E-state index contributed by atoms with van der Waals surface area (Å²) in [6.45, 7) is 2.44. The molecule has 2 aromatic heterocycles. The maximum atomic E-state index is 14.2. The Labute approximate surface area is 139 Å². The fraction of sp³-hybridized carbons (Fsp3) is 0.562. The lowest BCUT2D eigenvalue weighted by Gasteiger charge is -2.33. The molecule has 0 bridgehead atoms. The van der Waals surface area contributed by atoms with Crippen LogP contribution in [0.15, 0.2) is 18.5 Å². The molecule has 0 spiro atoms. The van der Waals surface area contributed by atoms with Crippen LogP contribution >= 0.6 is 0 Å². The van der Waals surface area contributed by atoms with Crippen molar-refractivity contribution < 1.29 is 13.9 Å². The number of pyridine rings is 1. The smallest absolute Gasteiger partial charge is 0.245 e. The first kappa shape index (κ1) is 15.3. The monoisotopic (exact) mass is 333 g/mol. The molecule has 2 aromatic rings. The van der Waals surface area contributed by atoms with Gasteiger partial charge >= 0.3 is 0 Å². The molecule has 8 heteroatoms. The van der Waals surface area contributed by atoms with Crippen LogP contribution in [0.5, 0.6) is 0 Å². The van der Waals surface area contributed by atoms with Crippen molar-refractivity contribution in [1.29, 1.82) is 0 Å². The minimum atomic E-state index is -1.01. The molecular weight excluding hydrogens is 313 g/mol. The van der Waals surface area contributed by atoms with Crippen molar-refractivity contribution >= 4 is 22.6 Å². The average Bonchev–Trinajstić information content (AvgIpc) is 3.18. The third-order valence-corrected chi connectivity index (χ3v) is 4.78. The van der Waals surface area contributed by atoms with Crippen LogP contribution < -0.4 is 4.90 Å². The number of carbonyl (C=O) groups excluding carboxylic acids is 1. The van der Waals surface area contributed by atoms with Crippen molar-refractivity contribution in [2.45, 2.75) is 18.6 Å². The third kappa shape index (κ3) is 2.50. The molecule has 0 saturated carbocycles. The van der Waals surface area contributed by atoms with E-state index in [0.29, 0.717) is 26.3 Å². The molecule has 2 aliphatic heterocycles. The van der Waals surface area contributed by atoms with E-state index in [4.69, 9.17) is 4.74 Å². The Bertz CT molecular complexity index is 758. The minimum absolute atomic E-state index is 0.0210. The molecule has 4 rings (SSSR count). The van der Waals surface area contributed by atoms with Gasteiger partial charge in [0.15, 0.2) is 5.65 Å². The van der Waals surface area contributed by atoms with Gasteiger partial charge in [0.1, 0.15) is 12.2 Å². The van der Waals surface area contributed by atoms with Gasteiger partial charge in [0.2, 0.25) is 5.91 Å². The molecule has 0 unspecified atom stereocenters. The number of halogens is 1. The van der Waals surface area contributed by atoms with E-state index in [0.717, 1.165) is 16.7 Å². The van der Waals surface area contributed by atoms with Crippen molar-refractivity contribution in [3.63, 3.8) is 0 Å². The Morgan fingerprint density at radius 3 is 2.96 bits per heavy atom. The quantitative estimate of drug-likeness (QED) is 0.811. The molecule has 4 heterocycles. The third-order valence-electron chi connectivity index (χ3n) is 4.78. The van der Waals surface area contributed by atoms with Crippen molar-refractivity contribution in [2.75, 3.05) is 37.7 Å². The molecule has 0 radical (unpaired) electrons. The standard InChI is InChI=1S/C16H20FN5O2/c1-20-15-12(9-19-20)13(2-3-18-15)22-10-11(17)8-14(22)16(23)21-4-6-24-7-5-21/h2-3,9,11,14H,4-8,10H2,1H3/t11-,14+/m1/s1. The lowest BCUT2D eigenvalue weighted by molar-refractivity contribution is -0.136. The van der Waals surface area contributed by atoms with Crippen LogP contribution in [0.1, 0.15) is 6.42 Å². The number of hydrogen-bond acceptors (Lipinski definition) is 5. The largest absolute Gasteiger partial charge is 0.378 e. The van der Waals surface area contributed by atoms with Gasteiger partial charge < -0.3 is 14.5 Å². The van der Waals surface area contributed by atoms with E-state index >= 15 is 0 Å². The molecule has 1 amide bonds. The second-order valence-corrected chi connectivity index (χ2v) is 6.27. The van der Waals surface area contributed by atoms with E-state index < -0.39 is 12.2 Å². The zero-order valence-corrected chi connectivity index (χ0v) is 13.6. The second-order valence-electron chi connectivity index (χ2n) is 6.27. The predicted molar refractivity (Wildman–Crippen MR) is 86.6 cm³/mol. The molecule has 24 heavy (non-hydrogen) atoms. The van der Waals surface area contributed by atoms with E-state index in [1.807, 2.05) is 18.0 Å². The summed E-state index contributed by atoms with van der Waals surface area (Å²) in [6, 6.07) is 1.35. The van der Waals surface area contributed by atoms with Crippen molar-refractivity contribution in [2.24, 2.45) is 7.05 Å². The van der Waals surface area contributed by atoms with Gasteiger partial charge in [-0.2, -0.15) is 5.10 Å². The number of anilines is 1. The number of fused-ring (bicyclic) bond motifs is 1. The Hall–Kier alpha value is -2.22. The number of aryl methyl sites for hydroxylation is 1. The number of amides is 1. The highest BCUT2D eigenvalue weighted by Gasteiger charge is 2.40. The summed E-state index contributed by atoms with van der Waals surface area (Å²) < 4.78 is 21.2. The van der Waals surface area contributed by atoms with Gasteiger partial charge in [-0.15, -0.1) is 0 Å². The lowest BCUT2D eigenvalue weighted by atomic mass is 10.1. The van der Waals surface area contributed by atoms with E-state index in [2.05, 4.69) is 10.1 Å². The molecule has 7 nitrogen and oxygen atoms in total. The normalized spacial score (nSPS) is 24.8. The lowest BCUT2D eigenvalue weighted by Crippen LogP contribution is -2.49. The van der Waals surface area contributed by atoms with Gasteiger partial charge in [0.25, 0.3) is 0 Å². The van der Waals surface area contributed by atoms with Crippen molar-refractivity contribution in [1.82, 2.24) is 19.7 Å². The highest BCUT2D eigenvalue weighted by atomic mass is 19.1. The van der Waals surface area contributed by atoms with Gasteiger partial charge in [0, 0.05) is 32.8 Å². The Morgan fingerprint density at radius 2 is 2.17 bits per heavy atom. The van der Waals surface area contributed by atoms with Crippen LogP contribution in [0.3, 0.4) is 0 Å². The maximum Gasteiger partial charge on any atom is 0.245 e. The van der Waals surface area contributed by atoms with Crippen LogP contribution in [0.25, 0.3) is 11.0 Å². The summed E-state index contributed by atoms with van der Waals surface area (Å²) >= 11 is 0. The van der Waals surface area contributed by atoms with Crippen LogP contribution in [0.4, 0.5) is 10.1 Å². The summed E-state index contributed by atoms with van der Waals surface area (Å²) in [7, 11) is 1.82. The van der Waals surface area contributed by atoms with Gasteiger partial charge in [-0.25, -0.2) is 9.37 Å². The molecule has 2 fully saturated rings. The Kier molecular flexibility index (Phi) is 3.84. The van der Waals surface area contributed by atoms with Gasteiger partial charge in [-0.1, -0.05) is 0 Å². The zero-order chi connectivity index (χ0) is 16.7. The van der Waals surface area contributed by atoms with Gasteiger partial charge in [-0.05, 0) is 6.07 Å². The Morgan fingerprint density at radius 1 is 1.38 bits per heavy atom. The number of carbonyl (C=O) groups is 1. The SMILES string of the molecule is Cn1ncc2c(N3C[C@H](F)C[C@H]3C(=O)N3CCOCC3)ccnc21. The highest BCUT2D eigenvalue weighted by Crippen LogP contribution is 2.33. The average molecular weight is 333 g/mol. The van der Waals surface area contributed by atoms with E-state index in [-0.39, 0.29) is 18.9 Å². The molecule has 2 saturated heterocycles. The summed E-state index contributed by atoms with van der Waals surface area (Å²) in [6.07, 6.45) is 2.61. The first-order valence-corrected chi connectivity index (χ1v) is 8.19. The number of hydrogen-bond donors (Lipinski definition) is 0. The molecule has 0 aliphatic carbocycles. The summed E-state index contributed by atoms with van der Waals surface area (Å²) in [5.41, 5.74) is 1.55. The number of alkyl halides is 1. The molecule has 0 aromatic carbocycles. The summed E-state index contributed by atoms with van der Waals surface area (Å²) in [5, 5.41) is 5.07. The first-order valence-electron chi connectivity index (χ1n) is 8.19. The fourth-order valence-electron chi connectivity index (χ4n) is 3.56. The number of ether oxygens (including phenoxy) is 1. The van der Waals surface area contributed by atoms with Crippen LogP contribution in [-0.2, 0) is 16.6 Å². The predicted octanol–water partition coefficient (Wildman–Crippen LogP) is 0.744. The van der Waals surface area contributed by atoms with Gasteiger partial charge in [0.05, 0.1) is 37.0 Å². The molecule has 2 atom stereocenters. The zero-order valence-electron chi connectivity index (χ0n) is 13.6. The number of morpholine rings is 1. The second kappa shape index (κ2) is 6.01. The van der Waals surface area contributed by atoms with E-state index in [9.17, 15) is 9.18 Å². The van der Waals surface area contributed by atoms with Crippen LogP contribution in [-0.4, -0.2) is 70.6 Å². The summed E-state index contributed by atoms with van der Waals surface area (Å²) in [5.74, 6) is -0.0210. The van der Waals surface area contributed by atoms with Crippen LogP contribution in [0, 0.1) is 0 Å². The highest BCUT2D eigenvalue weighted by molar-refractivity contribution is 5.93. The number of aromatic nitrogens is 3. The topological polar surface area (TPSA) is 63.5 Å². The fourth-order valence-corrected chi connectivity index (χ4v) is 3.56. The Balaban J connectivity index is 1.68. The summed E-state index contributed by atoms with van der Waals surface area (Å²) in [4.78, 5) is 20.9. The molecule has 128 valence electrons. The maximum absolute atomic E-state index is 14.2. The first-order chi connectivity index (χ1) is 11.6. The van der Waals surface area contributed by atoms with Crippen LogP contribution in [0.2, 0.25) is 0 Å². The van der Waals surface area contributed by atoms with E-state index in [1.165, 1.54) is 0 Å². The van der Waals surface area contributed by atoms with E-state index in [1.54, 1.807) is 22.0 Å². The van der Waals surface area contributed by atoms with Gasteiger partial charge in [-0.3, -0.25) is 9.48 Å². The van der Waals surface area contributed by atoms with Crippen molar-refractivity contribution in [3.8, 4) is 0 Å². The molecular formula is C16H20FN5O2. The minimum Gasteiger partial charge on any atom is -0.378 e. The molecule has 2 aliphatic rings. The number of rotatable bonds is 2.